The van der Waals surface area contributed by atoms with Gasteiger partial charge in [0.2, 0.25) is 0 Å². The maximum Gasteiger partial charge on any atom is 0.477 e. The fraction of sp³-hybridized carbons (Fsp3) is 0.300. The summed E-state index contributed by atoms with van der Waals surface area (Å²) in [6.45, 7) is 3.59. The molecule has 0 amide bonds. The highest BCUT2D eigenvalue weighted by atomic mass is 19.4. The van der Waals surface area contributed by atoms with Gasteiger partial charge in [-0.1, -0.05) is 18.2 Å². The number of nitrogens with zero attached hydrogens (tertiary/aromatic N) is 2. The van der Waals surface area contributed by atoms with Crippen LogP contribution >= 0.6 is 0 Å². The molecule has 1 aromatic carbocycles. The Kier molecular flexibility index (Phi) is 4.71. The van der Waals surface area contributed by atoms with Crippen molar-refractivity contribution in [3.05, 3.63) is 65.1 Å². The van der Waals surface area contributed by atoms with E-state index < -0.39 is 23.9 Å². The number of halogens is 3. The molecule has 3 aromatic rings. The highest BCUT2D eigenvalue weighted by Gasteiger charge is 2.40. The van der Waals surface area contributed by atoms with Crippen molar-refractivity contribution in [2.75, 3.05) is 7.11 Å². The number of aryl methyl sites for hydroxylation is 1. The van der Waals surface area contributed by atoms with Gasteiger partial charge in [0.15, 0.2) is 6.20 Å². The van der Waals surface area contributed by atoms with Crippen LogP contribution < -0.4 is 4.57 Å². The van der Waals surface area contributed by atoms with E-state index in [1.165, 1.54) is 20.4 Å². The number of benzene rings is 1. The molecule has 27 heavy (non-hydrogen) atoms. The van der Waals surface area contributed by atoms with Crippen molar-refractivity contribution in [3.63, 3.8) is 0 Å². The lowest BCUT2D eigenvalue weighted by Crippen LogP contribution is -2.38. The average Bonchev–Trinajstić information content (AvgIpc) is 2.91. The van der Waals surface area contributed by atoms with Crippen molar-refractivity contribution in [3.8, 4) is 0 Å². The van der Waals surface area contributed by atoms with Gasteiger partial charge >= 0.3 is 12.1 Å². The van der Waals surface area contributed by atoms with Crippen LogP contribution in [0.15, 0.2) is 42.6 Å². The Hall–Kier alpha value is -2.83. The normalized spacial score (nSPS) is 13.0. The molecule has 1 atom stereocenters. The van der Waals surface area contributed by atoms with Crippen LogP contribution in [0, 0.1) is 6.92 Å². The molecule has 0 spiro atoms. The molecule has 0 radical (unpaired) electrons. The Morgan fingerprint density at radius 1 is 1.22 bits per heavy atom. The van der Waals surface area contributed by atoms with E-state index >= 15 is 0 Å². The van der Waals surface area contributed by atoms with E-state index in [1.54, 1.807) is 13.0 Å². The van der Waals surface area contributed by atoms with E-state index in [9.17, 15) is 18.0 Å². The lowest BCUT2D eigenvalue weighted by Gasteiger charge is -2.19. The van der Waals surface area contributed by atoms with Crippen LogP contribution in [0.5, 0.6) is 0 Å². The van der Waals surface area contributed by atoms with Gasteiger partial charge in [-0.2, -0.15) is 17.7 Å². The highest BCUT2D eigenvalue weighted by Crippen LogP contribution is 2.34. The van der Waals surface area contributed by atoms with E-state index in [4.69, 9.17) is 4.74 Å². The number of para-hydroxylation sites is 1. The smallest absolute Gasteiger partial charge is 0.465 e. The molecular weight excluding hydrogens is 357 g/mol. The first-order valence-electron chi connectivity index (χ1n) is 8.41. The second kappa shape index (κ2) is 6.72. The third-order valence-corrected chi connectivity index (χ3v) is 4.88. The Morgan fingerprint density at radius 3 is 2.52 bits per heavy atom. The molecule has 3 rings (SSSR count). The molecule has 0 fully saturated rings. The second-order valence-electron chi connectivity index (χ2n) is 6.47. The van der Waals surface area contributed by atoms with E-state index in [0.717, 1.165) is 16.2 Å². The number of hydrogen-bond acceptors (Lipinski definition) is 2. The van der Waals surface area contributed by atoms with Crippen molar-refractivity contribution in [1.82, 2.24) is 4.57 Å². The molecule has 0 N–H and O–H groups in total. The fourth-order valence-electron chi connectivity index (χ4n) is 3.53. The number of rotatable bonds is 3. The largest absolute Gasteiger partial charge is 0.477 e. The Bertz CT molecular complexity index is 1020. The minimum absolute atomic E-state index is 0.407. The Morgan fingerprint density at radius 2 is 1.89 bits per heavy atom. The number of ether oxygens (including phenoxy) is 1. The number of aromatic nitrogens is 2. The zero-order valence-corrected chi connectivity index (χ0v) is 15.5. The van der Waals surface area contributed by atoms with Gasteiger partial charge in [-0.3, -0.25) is 0 Å². The maximum absolute atomic E-state index is 13.3. The molecule has 0 saturated heterocycles. The van der Waals surface area contributed by atoms with E-state index in [2.05, 4.69) is 0 Å². The number of pyridine rings is 1. The number of hydrogen-bond donors (Lipinski definition) is 0. The minimum Gasteiger partial charge on any atom is -0.465 e. The maximum atomic E-state index is 13.3. The summed E-state index contributed by atoms with van der Waals surface area (Å²) in [6.07, 6.45) is -3.05. The zero-order valence-electron chi connectivity index (χ0n) is 15.5. The summed E-state index contributed by atoms with van der Waals surface area (Å²) in [5, 5.41) is 0.714. The first-order valence-corrected chi connectivity index (χ1v) is 8.41. The summed E-state index contributed by atoms with van der Waals surface area (Å²) in [6, 6.07) is 9.70. The zero-order chi connectivity index (χ0) is 19.9. The average molecular weight is 377 g/mol. The van der Waals surface area contributed by atoms with Crippen LogP contribution in [0.25, 0.3) is 10.9 Å². The van der Waals surface area contributed by atoms with Gasteiger partial charge in [0, 0.05) is 28.7 Å². The predicted octanol–water partition coefficient (Wildman–Crippen LogP) is 4.19. The second-order valence-corrected chi connectivity index (χ2v) is 6.47. The quantitative estimate of drug-likeness (QED) is 0.507. The number of fused-ring (bicyclic) bond motifs is 1. The van der Waals surface area contributed by atoms with Gasteiger partial charge in [-0.25, -0.2) is 4.79 Å². The molecule has 0 saturated carbocycles. The first kappa shape index (κ1) is 18.9. The lowest BCUT2D eigenvalue weighted by molar-refractivity contribution is -0.691. The molecule has 7 heteroatoms. The van der Waals surface area contributed by atoms with Gasteiger partial charge in [-0.15, -0.1) is 0 Å². The molecule has 0 aliphatic heterocycles. The van der Waals surface area contributed by atoms with Crippen molar-refractivity contribution in [1.29, 1.82) is 0 Å². The summed E-state index contributed by atoms with van der Waals surface area (Å²) in [7, 11) is 2.67. The van der Waals surface area contributed by atoms with Gasteiger partial charge in [0.05, 0.1) is 18.7 Å². The lowest BCUT2D eigenvalue weighted by atomic mass is 10.1. The van der Waals surface area contributed by atoms with Crippen LogP contribution in [0.3, 0.4) is 0 Å². The predicted molar refractivity (Wildman–Crippen MR) is 94.4 cm³/mol. The van der Waals surface area contributed by atoms with Crippen LogP contribution in [-0.4, -0.2) is 17.6 Å². The van der Waals surface area contributed by atoms with E-state index in [-0.39, 0.29) is 0 Å². The Balaban J connectivity index is 2.22. The molecule has 0 aliphatic rings. The van der Waals surface area contributed by atoms with Crippen LogP contribution in [0.1, 0.15) is 40.3 Å². The highest BCUT2D eigenvalue weighted by molar-refractivity contribution is 6.06. The van der Waals surface area contributed by atoms with Crippen molar-refractivity contribution < 1.29 is 27.3 Å². The molecular formula is C20H20F3N2O2+. The minimum atomic E-state index is -4.45. The summed E-state index contributed by atoms with van der Waals surface area (Å²) in [5.74, 6) is -0.468. The summed E-state index contributed by atoms with van der Waals surface area (Å²) < 4.78 is 47.7. The first-order chi connectivity index (χ1) is 12.7. The van der Waals surface area contributed by atoms with Crippen LogP contribution in [0.4, 0.5) is 13.2 Å². The summed E-state index contributed by atoms with van der Waals surface area (Å²) >= 11 is 0. The number of carbonyl (C=O) groups excluding carboxylic acids is 1. The molecule has 4 nitrogen and oxygen atoms in total. The van der Waals surface area contributed by atoms with Crippen LogP contribution in [0.2, 0.25) is 0 Å². The number of carbonyl (C=O) groups is 1. The summed E-state index contributed by atoms with van der Waals surface area (Å²) in [5.41, 5.74) is 1.62. The molecule has 0 bridgehead atoms. The number of alkyl halides is 3. The molecule has 0 aliphatic carbocycles. The Labute approximate surface area is 154 Å². The molecule has 2 aromatic heterocycles. The molecule has 2 heterocycles. The van der Waals surface area contributed by atoms with Gasteiger partial charge in [-0.05, 0) is 25.5 Å². The van der Waals surface area contributed by atoms with Gasteiger partial charge in [0.1, 0.15) is 7.05 Å². The third kappa shape index (κ3) is 3.18. The topological polar surface area (TPSA) is 35.1 Å². The van der Waals surface area contributed by atoms with Gasteiger partial charge in [0.25, 0.3) is 5.69 Å². The summed E-state index contributed by atoms with van der Waals surface area (Å²) in [4.78, 5) is 12.3. The van der Waals surface area contributed by atoms with E-state index in [0.29, 0.717) is 22.2 Å². The van der Waals surface area contributed by atoms with Crippen molar-refractivity contribution in [2.45, 2.75) is 26.1 Å². The van der Waals surface area contributed by atoms with Crippen molar-refractivity contribution in [2.24, 2.45) is 7.05 Å². The van der Waals surface area contributed by atoms with Crippen molar-refractivity contribution >= 4 is 16.9 Å². The molecule has 1 unspecified atom stereocenters. The third-order valence-electron chi connectivity index (χ3n) is 4.88. The molecule has 142 valence electrons. The monoisotopic (exact) mass is 377 g/mol. The fourth-order valence-corrected chi connectivity index (χ4v) is 3.53. The van der Waals surface area contributed by atoms with Gasteiger partial charge < -0.3 is 9.30 Å². The number of methoxy groups -OCH3 is 1. The van der Waals surface area contributed by atoms with E-state index in [1.807, 2.05) is 35.8 Å². The SMILES string of the molecule is COC(=O)c1c(C)n(C(C)c2cc[n+](C)c(C(F)(F)F)c2)c2ccccc12. The van der Waals surface area contributed by atoms with Crippen LogP contribution in [-0.2, 0) is 18.0 Å². The number of esters is 1. The standard InChI is InChI=1S/C20H20F3N2O2/c1-12(14-9-10-24(3)17(11-14)20(21,22)23)25-13(2)18(19(26)27-4)15-7-5-6-8-16(15)25/h5-12H,1-4H3/q+1.